The van der Waals surface area contributed by atoms with Crippen molar-refractivity contribution in [3.05, 3.63) is 21.5 Å². The van der Waals surface area contributed by atoms with Gasteiger partial charge in [-0.1, -0.05) is 11.3 Å². The van der Waals surface area contributed by atoms with Crippen LogP contribution in [-0.4, -0.2) is 15.3 Å². The lowest BCUT2D eigenvalue weighted by atomic mass is 10.4. The SMILES string of the molecule is c1cc2c(s1)C1=C(CCS1)[SiH2]2. The minimum Gasteiger partial charge on any atom is -0.143 e. The maximum absolute atomic E-state index is 2.34. The molecule has 0 spiro atoms. The molecule has 0 aliphatic carbocycles. The maximum atomic E-state index is 2.34. The van der Waals surface area contributed by atoms with Crippen molar-refractivity contribution in [1.82, 2.24) is 0 Å². The van der Waals surface area contributed by atoms with Crippen LogP contribution >= 0.6 is 23.1 Å². The Hall–Kier alpha value is 0.00688. The van der Waals surface area contributed by atoms with Crippen LogP contribution in [0.25, 0.3) is 4.91 Å². The van der Waals surface area contributed by atoms with Gasteiger partial charge >= 0.3 is 0 Å². The first-order valence-electron chi connectivity index (χ1n) is 3.87. The average molecular weight is 196 g/mol. The van der Waals surface area contributed by atoms with Crippen LogP contribution in [-0.2, 0) is 0 Å². The molecule has 3 rings (SSSR count). The van der Waals surface area contributed by atoms with Crippen molar-refractivity contribution in [3.63, 3.8) is 0 Å². The van der Waals surface area contributed by atoms with E-state index in [0.717, 1.165) is 0 Å². The van der Waals surface area contributed by atoms with E-state index < -0.39 is 0 Å². The highest BCUT2D eigenvalue weighted by atomic mass is 32.2. The molecule has 0 unspecified atom stereocenters. The van der Waals surface area contributed by atoms with Crippen LogP contribution in [0.1, 0.15) is 11.3 Å². The zero-order valence-electron chi connectivity index (χ0n) is 6.09. The van der Waals surface area contributed by atoms with Gasteiger partial charge in [-0.3, -0.25) is 0 Å². The Kier molecular flexibility index (Phi) is 1.33. The molecule has 2 aliphatic heterocycles. The summed E-state index contributed by atoms with van der Waals surface area (Å²) in [6, 6.07) is 2.34. The van der Waals surface area contributed by atoms with Crippen molar-refractivity contribution in [2.45, 2.75) is 6.42 Å². The summed E-state index contributed by atoms with van der Waals surface area (Å²) in [5.41, 5.74) is 0. The largest absolute Gasteiger partial charge is 0.143 e. The molecule has 56 valence electrons. The Morgan fingerprint density at radius 2 is 2.45 bits per heavy atom. The molecule has 0 atom stereocenters. The molecule has 0 fully saturated rings. The molecular weight excluding hydrogens is 188 g/mol. The first-order chi connectivity index (χ1) is 5.45. The first-order valence-corrected chi connectivity index (χ1v) is 7.14. The van der Waals surface area contributed by atoms with Crippen LogP contribution in [0.15, 0.2) is 16.6 Å². The van der Waals surface area contributed by atoms with E-state index in [1.165, 1.54) is 12.2 Å². The summed E-state index contributed by atoms with van der Waals surface area (Å²) in [6.45, 7) is 0. The molecule has 0 amide bonds. The van der Waals surface area contributed by atoms with Gasteiger partial charge in [0.1, 0.15) is 0 Å². The van der Waals surface area contributed by atoms with E-state index in [2.05, 4.69) is 23.2 Å². The monoisotopic (exact) mass is 196 g/mol. The van der Waals surface area contributed by atoms with Gasteiger partial charge in [-0.05, 0) is 17.0 Å². The molecule has 0 saturated carbocycles. The van der Waals surface area contributed by atoms with Crippen LogP contribution in [0.2, 0.25) is 0 Å². The molecule has 3 heterocycles. The molecule has 0 N–H and O–H groups in total. The molecule has 0 radical (unpaired) electrons. The zero-order chi connectivity index (χ0) is 7.26. The number of thioether (sulfide) groups is 1. The Morgan fingerprint density at radius 3 is 3.45 bits per heavy atom. The summed E-state index contributed by atoms with van der Waals surface area (Å²) in [4.78, 5) is 3.32. The number of thiophene rings is 1. The molecule has 0 saturated heterocycles. The van der Waals surface area contributed by atoms with Gasteiger partial charge in [0.15, 0.2) is 0 Å². The Morgan fingerprint density at radius 1 is 1.45 bits per heavy atom. The standard InChI is InChI=1S/C8H8S2Si/c1-3-9-7-5(1)11-6-2-4-10-8(6)7/h1,3H,2,4,11H2. The third-order valence-corrected chi connectivity index (χ3v) is 7.24. The second kappa shape index (κ2) is 2.25. The molecule has 11 heavy (non-hydrogen) atoms. The van der Waals surface area contributed by atoms with E-state index in [0.29, 0.717) is 0 Å². The number of hydrogen-bond donors (Lipinski definition) is 0. The van der Waals surface area contributed by atoms with Crippen LogP contribution in [0.4, 0.5) is 0 Å². The van der Waals surface area contributed by atoms with Crippen LogP contribution in [0.3, 0.4) is 0 Å². The summed E-state index contributed by atoms with van der Waals surface area (Å²) in [5, 5.41) is 5.81. The van der Waals surface area contributed by atoms with Gasteiger partial charge in [-0.2, -0.15) is 0 Å². The highest BCUT2D eigenvalue weighted by Gasteiger charge is 2.26. The summed E-state index contributed by atoms with van der Waals surface area (Å²) < 4.78 is 0. The van der Waals surface area contributed by atoms with Crippen molar-refractivity contribution < 1.29 is 0 Å². The van der Waals surface area contributed by atoms with Gasteiger partial charge in [0.25, 0.3) is 0 Å². The van der Waals surface area contributed by atoms with E-state index in [9.17, 15) is 0 Å². The van der Waals surface area contributed by atoms with Gasteiger partial charge in [-0.25, -0.2) is 0 Å². The van der Waals surface area contributed by atoms with Crippen LogP contribution < -0.4 is 5.19 Å². The van der Waals surface area contributed by atoms with Crippen molar-refractivity contribution in [2.75, 3.05) is 5.75 Å². The number of rotatable bonds is 0. The van der Waals surface area contributed by atoms with Gasteiger partial charge < -0.3 is 0 Å². The van der Waals surface area contributed by atoms with Crippen molar-refractivity contribution in [3.8, 4) is 0 Å². The van der Waals surface area contributed by atoms with Crippen LogP contribution in [0.5, 0.6) is 0 Å². The maximum Gasteiger partial charge on any atom is 0.0859 e. The zero-order valence-corrected chi connectivity index (χ0v) is 9.14. The lowest BCUT2D eigenvalue weighted by molar-refractivity contribution is 1.25. The molecule has 0 nitrogen and oxygen atoms in total. The topological polar surface area (TPSA) is 0 Å². The van der Waals surface area contributed by atoms with Crippen molar-refractivity contribution in [2.24, 2.45) is 0 Å². The Balaban J connectivity index is 2.20. The fourth-order valence-electron chi connectivity index (χ4n) is 1.79. The van der Waals surface area contributed by atoms with Gasteiger partial charge in [0, 0.05) is 15.5 Å². The lowest BCUT2D eigenvalue weighted by Gasteiger charge is -1.93. The second-order valence-corrected chi connectivity index (χ2v) is 6.97. The van der Waals surface area contributed by atoms with E-state index in [-0.39, 0.29) is 9.52 Å². The molecule has 1 aromatic heterocycles. The van der Waals surface area contributed by atoms with Gasteiger partial charge in [0.05, 0.1) is 9.52 Å². The quantitative estimate of drug-likeness (QED) is 0.565. The van der Waals surface area contributed by atoms with Gasteiger partial charge in [0.2, 0.25) is 0 Å². The van der Waals surface area contributed by atoms with E-state index in [4.69, 9.17) is 0 Å². The van der Waals surface area contributed by atoms with E-state index in [1.54, 1.807) is 15.0 Å². The lowest BCUT2D eigenvalue weighted by Crippen LogP contribution is -2.10. The summed E-state index contributed by atoms with van der Waals surface area (Å²) in [6.07, 6.45) is 1.40. The second-order valence-electron chi connectivity index (χ2n) is 2.98. The highest BCUT2D eigenvalue weighted by molar-refractivity contribution is 8.09. The molecule has 0 aromatic carbocycles. The van der Waals surface area contributed by atoms with E-state index >= 15 is 0 Å². The fourth-order valence-corrected chi connectivity index (χ4v) is 7.47. The minimum absolute atomic E-state index is 0.0320. The normalized spacial score (nSPS) is 22.9. The van der Waals surface area contributed by atoms with Crippen molar-refractivity contribution >= 4 is 42.7 Å². The predicted octanol–water partition coefficient (Wildman–Crippen LogP) is 1.36. The number of fused-ring (bicyclic) bond motifs is 2. The average Bonchev–Trinajstić information content (AvgIpc) is 2.52. The minimum atomic E-state index is 0.0320. The molecule has 0 bridgehead atoms. The third-order valence-electron chi connectivity index (χ3n) is 2.33. The molecular formula is C8H8S2Si. The van der Waals surface area contributed by atoms with Crippen molar-refractivity contribution in [1.29, 1.82) is 0 Å². The smallest absolute Gasteiger partial charge is 0.0859 e. The molecule has 1 aromatic rings. The number of allylic oxidation sites excluding steroid dienone is 1. The van der Waals surface area contributed by atoms with Crippen LogP contribution in [0, 0.1) is 0 Å². The summed E-state index contributed by atoms with van der Waals surface area (Å²) in [5.74, 6) is 1.36. The third kappa shape index (κ3) is 0.818. The summed E-state index contributed by atoms with van der Waals surface area (Å²) in [7, 11) is 0.0320. The highest BCUT2D eigenvalue weighted by Crippen LogP contribution is 2.42. The van der Waals surface area contributed by atoms with Gasteiger partial charge in [-0.15, -0.1) is 23.1 Å². The first kappa shape index (κ1) is 6.52. The molecule has 3 heteroatoms. The summed E-state index contributed by atoms with van der Waals surface area (Å²) >= 11 is 4.03. The molecule has 2 aliphatic rings. The Bertz CT molecular complexity index is 338. The fraction of sp³-hybridized carbons (Fsp3) is 0.250. The van der Waals surface area contributed by atoms with E-state index in [1.807, 2.05) is 16.5 Å². The Labute approximate surface area is 76.5 Å². The predicted molar refractivity (Wildman–Crippen MR) is 56.5 cm³/mol. The number of hydrogen-bond acceptors (Lipinski definition) is 2.